The molecular weight excluding hydrogens is 346 g/mol. The van der Waals surface area contributed by atoms with E-state index in [1.807, 2.05) is 5.38 Å². The fourth-order valence-electron chi connectivity index (χ4n) is 2.02. The van der Waals surface area contributed by atoms with Crippen molar-refractivity contribution in [2.75, 3.05) is 37.8 Å². The zero-order valence-electron chi connectivity index (χ0n) is 13.8. The third-order valence-electron chi connectivity index (χ3n) is 3.21. The normalized spacial score (nSPS) is 14.6. The highest BCUT2D eigenvalue weighted by molar-refractivity contribution is 7.13. The molecular formula is C15H19N5O4S. The predicted molar refractivity (Wildman–Crippen MR) is 90.5 cm³/mol. The summed E-state index contributed by atoms with van der Waals surface area (Å²) in [5, 5.41) is 11.6. The second-order valence-corrected chi connectivity index (χ2v) is 5.82. The van der Waals surface area contributed by atoms with Gasteiger partial charge in [-0.1, -0.05) is 0 Å². The van der Waals surface area contributed by atoms with E-state index in [1.54, 1.807) is 13.0 Å². The molecule has 1 saturated heterocycles. The standard InChI is InChI=1S/C15H19N5O4S/c1-2-24-14(22)11(8-16)9-17-19-13(21)7-12-10-25-15(18-12)20-3-5-23-6-4-20/h9-10,17H,2-7H2,1H3,(H,19,21)/b11-9+. The van der Waals surface area contributed by atoms with Gasteiger partial charge >= 0.3 is 5.97 Å². The van der Waals surface area contributed by atoms with E-state index in [1.165, 1.54) is 11.3 Å². The number of nitrogens with zero attached hydrogens (tertiary/aromatic N) is 3. The van der Waals surface area contributed by atoms with Crippen molar-refractivity contribution in [3.05, 3.63) is 22.8 Å². The van der Waals surface area contributed by atoms with Gasteiger partial charge in [0.25, 0.3) is 0 Å². The van der Waals surface area contributed by atoms with E-state index in [-0.39, 0.29) is 24.5 Å². The molecule has 0 radical (unpaired) electrons. The summed E-state index contributed by atoms with van der Waals surface area (Å²) in [6.07, 6.45) is 1.18. The van der Waals surface area contributed by atoms with Crippen LogP contribution in [0.1, 0.15) is 12.6 Å². The number of morpholine rings is 1. The van der Waals surface area contributed by atoms with Crippen molar-refractivity contribution in [3.8, 4) is 6.07 Å². The van der Waals surface area contributed by atoms with Crippen molar-refractivity contribution < 1.29 is 19.1 Å². The van der Waals surface area contributed by atoms with E-state index < -0.39 is 5.97 Å². The summed E-state index contributed by atoms with van der Waals surface area (Å²) >= 11 is 1.48. The Morgan fingerprint density at radius 1 is 1.52 bits per heavy atom. The summed E-state index contributed by atoms with van der Waals surface area (Å²) in [4.78, 5) is 29.9. The predicted octanol–water partition coefficient (Wildman–Crippen LogP) is 0.114. The average Bonchev–Trinajstić information content (AvgIpc) is 3.08. The molecule has 1 amide bonds. The van der Waals surface area contributed by atoms with Gasteiger partial charge in [-0.05, 0) is 6.92 Å². The molecule has 1 aromatic heterocycles. The highest BCUT2D eigenvalue weighted by Gasteiger charge is 2.16. The van der Waals surface area contributed by atoms with Crippen LogP contribution in [0.4, 0.5) is 5.13 Å². The summed E-state index contributed by atoms with van der Waals surface area (Å²) in [5.74, 6) is -1.09. The Labute approximate surface area is 149 Å². The Bertz CT molecular complexity index is 676. The number of rotatable bonds is 7. The third kappa shape index (κ3) is 5.74. The summed E-state index contributed by atoms with van der Waals surface area (Å²) in [6, 6.07) is 1.70. The molecule has 1 aliphatic rings. The average molecular weight is 365 g/mol. The van der Waals surface area contributed by atoms with Crippen molar-refractivity contribution in [3.63, 3.8) is 0 Å². The second-order valence-electron chi connectivity index (χ2n) is 4.98. The molecule has 2 heterocycles. The minimum Gasteiger partial charge on any atom is -0.462 e. The minimum atomic E-state index is -0.749. The quantitative estimate of drug-likeness (QED) is 0.303. The van der Waals surface area contributed by atoms with Gasteiger partial charge in [-0.2, -0.15) is 5.26 Å². The molecule has 0 unspecified atom stereocenters. The number of hydrogen-bond donors (Lipinski definition) is 2. The molecule has 2 rings (SSSR count). The van der Waals surface area contributed by atoms with Crippen LogP contribution in [-0.2, 0) is 25.5 Å². The van der Waals surface area contributed by atoms with Crippen LogP contribution in [0.5, 0.6) is 0 Å². The number of amides is 1. The van der Waals surface area contributed by atoms with Gasteiger partial charge in [0.15, 0.2) is 10.7 Å². The Balaban J connectivity index is 1.81. The number of nitriles is 1. The van der Waals surface area contributed by atoms with E-state index in [0.29, 0.717) is 18.9 Å². The lowest BCUT2D eigenvalue weighted by molar-refractivity contribution is -0.138. The number of carbonyl (C=O) groups is 2. The maximum atomic E-state index is 11.9. The van der Waals surface area contributed by atoms with Gasteiger partial charge in [0.2, 0.25) is 5.91 Å². The molecule has 1 aliphatic heterocycles. The lowest BCUT2D eigenvalue weighted by Crippen LogP contribution is -2.36. The fraction of sp³-hybridized carbons (Fsp3) is 0.467. The molecule has 134 valence electrons. The number of anilines is 1. The Hall–Kier alpha value is -2.64. The van der Waals surface area contributed by atoms with Gasteiger partial charge in [-0.25, -0.2) is 9.78 Å². The first kappa shape index (κ1) is 18.7. The van der Waals surface area contributed by atoms with Crippen LogP contribution >= 0.6 is 11.3 Å². The van der Waals surface area contributed by atoms with E-state index in [2.05, 4.69) is 20.7 Å². The molecule has 9 nitrogen and oxygen atoms in total. The monoisotopic (exact) mass is 365 g/mol. The zero-order valence-corrected chi connectivity index (χ0v) is 14.6. The van der Waals surface area contributed by atoms with E-state index in [9.17, 15) is 9.59 Å². The van der Waals surface area contributed by atoms with Crippen LogP contribution in [0.3, 0.4) is 0 Å². The number of aromatic nitrogens is 1. The van der Waals surface area contributed by atoms with Crippen molar-refractivity contribution in [2.45, 2.75) is 13.3 Å². The van der Waals surface area contributed by atoms with Crippen molar-refractivity contribution in [1.82, 2.24) is 15.8 Å². The number of nitrogens with one attached hydrogen (secondary N) is 2. The van der Waals surface area contributed by atoms with Crippen LogP contribution in [-0.4, -0.2) is 49.8 Å². The van der Waals surface area contributed by atoms with Crippen molar-refractivity contribution in [2.24, 2.45) is 0 Å². The molecule has 25 heavy (non-hydrogen) atoms. The van der Waals surface area contributed by atoms with Gasteiger partial charge in [0.1, 0.15) is 6.07 Å². The van der Waals surface area contributed by atoms with Crippen LogP contribution < -0.4 is 15.8 Å². The van der Waals surface area contributed by atoms with Crippen LogP contribution in [0.2, 0.25) is 0 Å². The smallest absolute Gasteiger partial charge is 0.350 e. The van der Waals surface area contributed by atoms with Crippen LogP contribution in [0.15, 0.2) is 17.2 Å². The molecule has 0 aliphatic carbocycles. The fourth-order valence-corrected chi connectivity index (χ4v) is 2.90. The lowest BCUT2D eigenvalue weighted by atomic mass is 10.3. The summed E-state index contributed by atoms with van der Waals surface area (Å²) in [6.45, 7) is 4.73. The first-order valence-electron chi connectivity index (χ1n) is 7.73. The maximum absolute atomic E-state index is 11.9. The first-order valence-corrected chi connectivity index (χ1v) is 8.60. The van der Waals surface area contributed by atoms with Gasteiger partial charge in [0.05, 0.1) is 31.9 Å². The van der Waals surface area contributed by atoms with E-state index >= 15 is 0 Å². The molecule has 10 heteroatoms. The number of thiazole rings is 1. The molecule has 0 atom stereocenters. The number of ether oxygens (including phenoxy) is 2. The minimum absolute atomic E-state index is 0.0863. The second kappa shape index (κ2) is 9.61. The van der Waals surface area contributed by atoms with Crippen LogP contribution in [0, 0.1) is 11.3 Å². The topological polar surface area (TPSA) is 117 Å². The Morgan fingerprint density at radius 3 is 2.96 bits per heavy atom. The van der Waals surface area contributed by atoms with Gasteiger partial charge in [-0.15, -0.1) is 11.3 Å². The summed E-state index contributed by atoms with van der Waals surface area (Å²) in [7, 11) is 0. The zero-order chi connectivity index (χ0) is 18.1. The first-order chi connectivity index (χ1) is 12.1. The molecule has 0 saturated carbocycles. The summed E-state index contributed by atoms with van der Waals surface area (Å²) in [5.41, 5.74) is 5.24. The molecule has 1 aromatic rings. The number of carbonyl (C=O) groups excluding carboxylic acids is 2. The molecule has 0 bridgehead atoms. The van der Waals surface area contributed by atoms with Gasteiger partial charge in [0, 0.05) is 24.7 Å². The number of hydrogen-bond acceptors (Lipinski definition) is 9. The molecule has 2 N–H and O–H groups in total. The van der Waals surface area contributed by atoms with E-state index in [0.717, 1.165) is 24.4 Å². The highest BCUT2D eigenvalue weighted by Crippen LogP contribution is 2.21. The highest BCUT2D eigenvalue weighted by atomic mass is 32.1. The van der Waals surface area contributed by atoms with E-state index in [4.69, 9.17) is 14.7 Å². The summed E-state index contributed by atoms with van der Waals surface area (Å²) < 4.78 is 10.0. The van der Waals surface area contributed by atoms with Crippen molar-refractivity contribution in [1.29, 1.82) is 5.26 Å². The number of hydrazine groups is 1. The van der Waals surface area contributed by atoms with Crippen LogP contribution in [0.25, 0.3) is 0 Å². The van der Waals surface area contributed by atoms with Crippen molar-refractivity contribution >= 4 is 28.3 Å². The maximum Gasteiger partial charge on any atom is 0.350 e. The number of esters is 1. The molecule has 0 aromatic carbocycles. The Kier molecular flexibility index (Phi) is 7.18. The Morgan fingerprint density at radius 2 is 2.28 bits per heavy atom. The lowest BCUT2D eigenvalue weighted by Gasteiger charge is -2.26. The molecule has 0 spiro atoms. The largest absolute Gasteiger partial charge is 0.462 e. The van der Waals surface area contributed by atoms with Gasteiger partial charge < -0.3 is 19.8 Å². The SMILES string of the molecule is CCOC(=O)/C(C#N)=C/NNC(=O)Cc1csc(N2CCOCC2)n1. The molecule has 1 fully saturated rings. The third-order valence-corrected chi connectivity index (χ3v) is 4.16. The van der Waals surface area contributed by atoms with Gasteiger partial charge in [-0.3, -0.25) is 10.2 Å².